The lowest BCUT2D eigenvalue weighted by atomic mass is 10.1. The van der Waals surface area contributed by atoms with E-state index in [9.17, 15) is 27.2 Å². The first-order chi connectivity index (χ1) is 16.1. The molecule has 0 radical (unpaired) electrons. The standard InChI is InChI=1S/C22H16F4N4O4/c1-9(21(31)27-20-16(25)13(23)8-14(24)17(20)26)30-22(32)19-15(10(2)34-29-19)18(28-30)11-5-4-6-12(7-11)33-3/h4-9H,1-3H3,(H,27,31)/t9-/m1/s1. The van der Waals surface area contributed by atoms with Gasteiger partial charge in [-0.1, -0.05) is 17.3 Å². The van der Waals surface area contributed by atoms with Crippen LogP contribution in [0.25, 0.3) is 22.2 Å². The number of hydrogen-bond acceptors (Lipinski definition) is 6. The Kier molecular flexibility index (Phi) is 5.82. The third-order valence-electron chi connectivity index (χ3n) is 5.17. The van der Waals surface area contributed by atoms with Crippen LogP contribution in [0.15, 0.2) is 39.6 Å². The number of carbonyl (C=O) groups excluding carboxylic acids is 1. The number of anilines is 1. The van der Waals surface area contributed by atoms with Crippen molar-refractivity contribution in [2.75, 3.05) is 12.4 Å². The predicted molar refractivity (Wildman–Crippen MR) is 112 cm³/mol. The minimum Gasteiger partial charge on any atom is -0.497 e. The highest BCUT2D eigenvalue weighted by Crippen LogP contribution is 2.30. The number of hydrogen-bond donors (Lipinski definition) is 1. The molecule has 176 valence electrons. The van der Waals surface area contributed by atoms with Gasteiger partial charge in [0.25, 0.3) is 5.56 Å². The highest BCUT2D eigenvalue weighted by atomic mass is 19.2. The highest BCUT2D eigenvalue weighted by Gasteiger charge is 2.27. The monoisotopic (exact) mass is 476 g/mol. The quantitative estimate of drug-likeness (QED) is 0.344. The molecule has 0 aliphatic carbocycles. The normalized spacial score (nSPS) is 12.1. The fraction of sp³-hybridized carbons (Fsp3) is 0.182. The number of carbonyl (C=O) groups is 1. The second kappa shape index (κ2) is 8.61. The molecular weight excluding hydrogens is 460 g/mol. The van der Waals surface area contributed by atoms with Crippen LogP contribution in [0.5, 0.6) is 5.75 Å². The van der Waals surface area contributed by atoms with Gasteiger partial charge in [-0.25, -0.2) is 22.2 Å². The Balaban J connectivity index is 1.83. The molecular formula is C22H16F4N4O4. The first-order valence-corrected chi connectivity index (χ1v) is 9.81. The van der Waals surface area contributed by atoms with Crippen LogP contribution in [0.4, 0.5) is 23.2 Å². The number of aromatic nitrogens is 3. The summed E-state index contributed by atoms with van der Waals surface area (Å²) in [5.41, 5.74) is -1.57. The molecule has 1 amide bonds. The van der Waals surface area contributed by atoms with Crippen LogP contribution >= 0.6 is 0 Å². The molecule has 2 aromatic carbocycles. The van der Waals surface area contributed by atoms with Crippen molar-refractivity contribution < 1.29 is 31.6 Å². The second-order valence-electron chi connectivity index (χ2n) is 7.30. The van der Waals surface area contributed by atoms with Gasteiger partial charge in [0.1, 0.15) is 28.9 Å². The van der Waals surface area contributed by atoms with Crippen LogP contribution in [-0.4, -0.2) is 28.0 Å². The average molecular weight is 476 g/mol. The zero-order chi connectivity index (χ0) is 24.7. The van der Waals surface area contributed by atoms with Crippen LogP contribution in [0.1, 0.15) is 18.7 Å². The molecule has 34 heavy (non-hydrogen) atoms. The first-order valence-electron chi connectivity index (χ1n) is 9.81. The summed E-state index contributed by atoms with van der Waals surface area (Å²) in [4.78, 5) is 25.7. The molecule has 4 rings (SSSR count). The number of halogens is 4. The van der Waals surface area contributed by atoms with E-state index >= 15 is 0 Å². The summed E-state index contributed by atoms with van der Waals surface area (Å²) in [5.74, 6) is -7.36. The maximum absolute atomic E-state index is 14.0. The molecule has 12 heteroatoms. The van der Waals surface area contributed by atoms with Gasteiger partial charge in [0.05, 0.1) is 12.5 Å². The second-order valence-corrected chi connectivity index (χ2v) is 7.30. The molecule has 1 atom stereocenters. The summed E-state index contributed by atoms with van der Waals surface area (Å²) in [6, 6.07) is 5.22. The number of benzene rings is 2. The molecule has 1 N–H and O–H groups in total. The number of ether oxygens (including phenoxy) is 1. The maximum Gasteiger partial charge on any atom is 0.297 e. The largest absolute Gasteiger partial charge is 0.497 e. The van der Waals surface area contributed by atoms with Gasteiger partial charge in [0, 0.05) is 11.6 Å². The molecule has 0 spiro atoms. The molecule has 4 aromatic rings. The van der Waals surface area contributed by atoms with E-state index in [1.807, 2.05) is 0 Å². The molecule has 0 fully saturated rings. The van der Waals surface area contributed by atoms with Gasteiger partial charge in [0.15, 0.2) is 28.8 Å². The summed E-state index contributed by atoms with van der Waals surface area (Å²) >= 11 is 0. The minimum atomic E-state index is -1.79. The Labute approximate surface area is 188 Å². The fourth-order valence-electron chi connectivity index (χ4n) is 3.37. The Hall–Kier alpha value is -4.22. The van der Waals surface area contributed by atoms with Crippen molar-refractivity contribution in [3.63, 3.8) is 0 Å². The summed E-state index contributed by atoms with van der Waals surface area (Å²) in [6.45, 7) is 2.79. The predicted octanol–water partition coefficient (Wildman–Crippen LogP) is 4.12. The summed E-state index contributed by atoms with van der Waals surface area (Å²) in [6.07, 6.45) is 0. The van der Waals surface area contributed by atoms with E-state index in [1.54, 1.807) is 36.5 Å². The number of amides is 1. The Bertz CT molecular complexity index is 1470. The van der Waals surface area contributed by atoms with Crippen molar-refractivity contribution in [1.29, 1.82) is 0 Å². The van der Waals surface area contributed by atoms with Gasteiger partial charge in [0.2, 0.25) is 5.91 Å². The first kappa shape index (κ1) is 23.0. The number of fused-ring (bicyclic) bond motifs is 1. The third-order valence-corrected chi connectivity index (χ3v) is 5.17. The molecule has 8 nitrogen and oxygen atoms in total. The maximum atomic E-state index is 14.0. The highest BCUT2D eigenvalue weighted by molar-refractivity contribution is 5.95. The molecule has 2 aromatic heterocycles. The van der Waals surface area contributed by atoms with E-state index in [4.69, 9.17) is 9.26 Å². The van der Waals surface area contributed by atoms with Crippen LogP contribution in [0.3, 0.4) is 0 Å². The molecule has 0 aliphatic heterocycles. The van der Waals surface area contributed by atoms with E-state index in [0.717, 1.165) is 4.68 Å². The smallest absolute Gasteiger partial charge is 0.297 e. The minimum absolute atomic E-state index is 0.0110. The number of nitrogens with one attached hydrogen (secondary N) is 1. The summed E-state index contributed by atoms with van der Waals surface area (Å²) < 4.78 is 66.1. The van der Waals surface area contributed by atoms with Crippen molar-refractivity contribution in [2.24, 2.45) is 0 Å². The van der Waals surface area contributed by atoms with Crippen LogP contribution < -0.4 is 15.6 Å². The van der Waals surface area contributed by atoms with E-state index < -0.39 is 46.5 Å². The molecule has 0 aliphatic rings. The fourth-order valence-corrected chi connectivity index (χ4v) is 3.37. The molecule has 0 unspecified atom stereocenters. The lowest BCUT2D eigenvalue weighted by molar-refractivity contribution is -0.119. The molecule has 0 saturated carbocycles. The number of methoxy groups -OCH3 is 1. The van der Waals surface area contributed by atoms with Crippen LogP contribution in [0, 0.1) is 30.2 Å². The van der Waals surface area contributed by atoms with E-state index in [-0.39, 0.29) is 17.3 Å². The molecule has 0 saturated heterocycles. The lowest BCUT2D eigenvalue weighted by Crippen LogP contribution is -2.34. The topological polar surface area (TPSA) is 99.2 Å². The van der Waals surface area contributed by atoms with E-state index in [0.29, 0.717) is 22.5 Å². The molecule has 2 heterocycles. The Morgan fingerprint density at radius 2 is 1.82 bits per heavy atom. The van der Waals surface area contributed by atoms with Crippen molar-refractivity contribution in [2.45, 2.75) is 19.9 Å². The summed E-state index contributed by atoms with van der Waals surface area (Å²) in [7, 11) is 1.47. The summed E-state index contributed by atoms with van der Waals surface area (Å²) in [5, 5.41) is 10.1. The zero-order valence-electron chi connectivity index (χ0n) is 18.0. The Morgan fingerprint density at radius 1 is 1.15 bits per heavy atom. The van der Waals surface area contributed by atoms with Crippen molar-refractivity contribution in [1.82, 2.24) is 14.9 Å². The number of rotatable bonds is 5. The van der Waals surface area contributed by atoms with Gasteiger partial charge < -0.3 is 14.6 Å². The van der Waals surface area contributed by atoms with E-state index in [2.05, 4.69) is 10.3 Å². The number of nitrogens with zero attached hydrogens (tertiary/aromatic N) is 3. The van der Waals surface area contributed by atoms with Crippen LogP contribution in [-0.2, 0) is 4.79 Å². The molecule has 0 bridgehead atoms. The van der Waals surface area contributed by atoms with Crippen molar-refractivity contribution in [3.05, 3.63) is 69.7 Å². The van der Waals surface area contributed by atoms with Gasteiger partial charge in [-0.05, 0) is 26.0 Å². The average Bonchev–Trinajstić information content (AvgIpc) is 3.22. The van der Waals surface area contributed by atoms with E-state index in [1.165, 1.54) is 14.0 Å². The third kappa shape index (κ3) is 3.76. The van der Waals surface area contributed by atoms with Crippen LogP contribution in [0.2, 0.25) is 0 Å². The number of aryl methyl sites for hydroxylation is 1. The lowest BCUT2D eigenvalue weighted by Gasteiger charge is -2.16. The van der Waals surface area contributed by atoms with Gasteiger partial charge in [-0.2, -0.15) is 5.10 Å². The zero-order valence-corrected chi connectivity index (χ0v) is 18.0. The van der Waals surface area contributed by atoms with Gasteiger partial charge in [-0.15, -0.1) is 0 Å². The SMILES string of the molecule is COc1cccc(-c2nn([C@H](C)C(=O)Nc3c(F)c(F)cc(F)c3F)c(=O)c3noc(C)c23)c1. The van der Waals surface area contributed by atoms with Gasteiger partial charge in [-0.3, -0.25) is 9.59 Å². The Morgan fingerprint density at radius 3 is 2.47 bits per heavy atom. The van der Waals surface area contributed by atoms with Crippen molar-refractivity contribution in [3.8, 4) is 17.0 Å². The van der Waals surface area contributed by atoms with Gasteiger partial charge >= 0.3 is 0 Å². The van der Waals surface area contributed by atoms with Crippen molar-refractivity contribution >= 4 is 22.5 Å².